The third-order valence-electron chi connectivity index (χ3n) is 4.66. The van der Waals surface area contributed by atoms with Crippen molar-refractivity contribution in [2.75, 3.05) is 13.2 Å². The number of β-lactam (4-membered cyclic amide) rings is 1. The minimum absolute atomic E-state index is 0.167. The van der Waals surface area contributed by atoms with Gasteiger partial charge in [-0.1, -0.05) is 58.2 Å². The number of hydrogen-bond donors (Lipinski definition) is 0. The fraction of sp³-hybridized carbons (Fsp3) is 0.650. The van der Waals surface area contributed by atoms with Crippen molar-refractivity contribution in [1.82, 2.24) is 4.90 Å². The smallest absolute Gasteiger partial charge is 0.225 e. The summed E-state index contributed by atoms with van der Waals surface area (Å²) in [6.07, 6.45) is 4.13. The molecule has 0 spiro atoms. The van der Waals surface area contributed by atoms with Crippen LogP contribution in [0, 0.1) is 23.3 Å². The number of likely N-dealkylation sites (tertiary alicyclic amines) is 1. The van der Waals surface area contributed by atoms with Gasteiger partial charge in [0.2, 0.25) is 5.91 Å². The molecule has 25 heavy (non-hydrogen) atoms. The fourth-order valence-corrected chi connectivity index (χ4v) is 3.50. The zero-order valence-corrected chi connectivity index (χ0v) is 19.1. The summed E-state index contributed by atoms with van der Waals surface area (Å²) in [5, 5.41) is 0.188. The number of hydrogen-bond acceptors (Lipinski definition) is 2. The lowest BCUT2D eigenvalue weighted by atomic mass is 10.0. The Morgan fingerprint density at radius 3 is 2.28 bits per heavy atom. The van der Waals surface area contributed by atoms with E-state index in [0.29, 0.717) is 19.6 Å². The molecule has 0 aromatic heterocycles. The van der Waals surface area contributed by atoms with Crippen molar-refractivity contribution in [3.8, 4) is 23.3 Å². The molecule has 0 radical (unpaired) electrons. The molecular formula is C20H33NO2Si2. The molecule has 1 fully saturated rings. The summed E-state index contributed by atoms with van der Waals surface area (Å²) >= 11 is 0. The predicted octanol–water partition coefficient (Wildman–Crippen LogP) is 4.05. The first-order valence-electron chi connectivity index (χ1n) is 8.93. The van der Waals surface area contributed by atoms with E-state index in [2.05, 4.69) is 76.8 Å². The molecule has 0 aromatic rings. The first-order valence-corrected chi connectivity index (χ1v) is 15.3. The highest BCUT2D eigenvalue weighted by molar-refractivity contribution is 6.83. The van der Waals surface area contributed by atoms with Crippen LogP contribution in [0.4, 0.5) is 0 Å². The van der Waals surface area contributed by atoms with Crippen molar-refractivity contribution in [1.29, 1.82) is 0 Å². The van der Waals surface area contributed by atoms with Gasteiger partial charge in [0.25, 0.3) is 0 Å². The van der Waals surface area contributed by atoms with Gasteiger partial charge in [-0.2, -0.15) is 0 Å². The van der Waals surface area contributed by atoms with Crippen LogP contribution in [0.2, 0.25) is 37.8 Å². The van der Waals surface area contributed by atoms with E-state index in [9.17, 15) is 4.79 Å². The summed E-state index contributed by atoms with van der Waals surface area (Å²) in [6.45, 7) is 18.9. The second-order valence-corrected chi connectivity index (χ2v) is 18.7. The Hall–Kier alpha value is -1.28. The molecule has 1 unspecified atom stereocenters. The fourth-order valence-electron chi connectivity index (χ4n) is 1.94. The summed E-state index contributed by atoms with van der Waals surface area (Å²) in [7, 11) is -3.09. The third-order valence-corrected chi connectivity index (χ3v) is 10.1. The molecule has 0 N–H and O–H groups in total. The average molecular weight is 376 g/mol. The number of carbonyl (C=O) groups is 1. The summed E-state index contributed by atoms with van der Waals surface area (Å²) in [5.74, 6) is 9.22. The number of allylic oxidation sites excluding steroid dienone is 2. The van der Waals surface area contributed by atoms with Crippen LogP contribution in [0.3, 0.4) is 0 Å². The molecule has 0 aromatic carbocycles. The van der Waals surface area contributed by atoms with Crippen molar-refractivity contribution in [3.63, 3.8) is 0 Å². The molecule has 1 heterocycles. The Kier molecular flexibility index (Phi) is 7.32. The molecule has 138 valence electrons. The standard InChI is InChI=1S/C20H33NO2Si2/c1-20(2,3)25(7,8)23-17-18-16-19(22)21(18)14-12-10-9-11-13-15-24(4,5)6/h9,11,18H,14,16-17H2,1-8H3/b11-9-. The van der Waals surface area contributed by atoms with Gasteiger partial charge in [0.15, 0.2) is 8.32 Å². The van der Waals surface area contributed by atoms with Crippen molar-refractivity contribution < 1.29 is 9.22 Å². The minimum Gasteiger partial charge on any atom is -0.415 e. The van der Waals surface area contributed by atoms with Crippen molar-refractivity contribution in [3.05, 3.63) is 12.2 Å². The Balaban J connectivity index is 2.49. The van der Waals surface area contributed by atoms with Gasteiger partial charge in [-0.3, -0.25) is 4.79 Å². The SMILES string of the molecule is CC(C)(C)[Si](C)(C)OCC1CC(=O)N1CC#C/C=C\C#C[Si](C)(C)C. The largest absolute Gasteiger partial charge is 0.415 e. The zero-order valence-electron chi connectivity index (χ0n) is 17.1. The van der Waals surface area contributed by atoms with E-state index >= 15 is 0 Å². The Morgan fingerprint density at radius 1 is 1.16 bits per heavy atom. The van der Waals surface area contributed by atoms with Crippen molar-refractivity contribution in [2.24, 2.45) is 0 Å². The highest BCUT2D eigenvalue weighted by Crippen LogP contribution is 2.37. The van der Waals surface area contributed by atoms with E-state index in [0.717, 1.165) is 0 Å². The van der Waals surface area contributed by atoms with Gasteiger partial charge in [-0.05, 0) is 30.3 Å². The van der Waals surface area contributed by atoms with E-state index in [-0.39, 0.29) is 17.0 Å². The highest BCUT2D eigenvalue weighted by Gasteiger charge is 2.41. The van der Waals surface area contributed by atoms with Crippen LogP contribution >= 0.6 is 0 Å². The molecule has 1 atom stereocenters. The summed E-state index contributed by atoms with van der Waals surface area (Å²) in [5.41, 5.74) is 3.26. The number of nitrogens with zero attached hydrogens (tertiary/aromatic N) is 1. The van der Waals surface area contributed by atoms with Crippen molar-refractivity contribution >= 4 is 22.3 Å². The third kappa shape index (κ3) is 7.24. The Bertz CT molecular complexity index is 631. The van der Waals surface area contributed by atoms with Crippen LogP contribution in [-0.2, 0) is 9.22 Å². The van der Waals surface area contributed by atoms with Crippen LogP contribution in [0.1, 0.15) is 27.2 Å². The molecular weight excluding hydrogens is 342 g/mol. The molecule has 5 heteroatoms. The normalized spacial score (nSPS) is 18.3. The lowest BCUT2D eigenvalue weighted by Crippen LogP contribution is -2.56. The Labute approximate surface area is 156 Å². The van der Waals surface area contributed by atoms with Gasteiger partial charge in [-0.15, -0.1) is 5.54 Å². The molecule has 1 aliphatic heterocycles. The van der Waals surface area contributed by atoms with Gasteiger partial charge >= 0.3 is 0 Å². The maximum atomic E-state index is 11.8. The van der Waals surface area contributed by atoms with E-state index in [4.69, 9.17) is 4.43 Å². The molecule has 1 aliphatic rings. The Morgan fingerprint density at radius 2 is 1.76 bits per heavy atom. The quantitative estimate of drug-likeness (QED) is 0.421. The topological polar surface area (TPSA) is 29.5 Å². The van der Waals surface area contributed by atoms with Gasteiger partial charge in [0.1, 0.15) is 8.07 Å². The van der Waals surface area contributed by atoms with E-state index in [1.165, 1.54) is 0 Å². The lowest BCUT2D eigenvalue weighted by Gasteiger charge is -2.43. The predicted molar refractivity (Wildman–Crippen MR) is 111 cm³/mol. The van der Waals surface area contributed by atoms with Gasteiger partial charge < -0.3 is 9.33 Å². The summed E-state index contributed by atoms with van der Waals surface area (Å²) in [6, 6.07) is 0.173. The maximum Gasteiger partial charge on any atom is 0.225 e. The van der Waals surface area contributed by atoms with Gasteiger partial charge in [0, 0.05) is 6.42 Å². The van der Waals surface area contributed by atoms with E-state index in [1.807, 2.05) is 4.90 Å². The number of carbonyl (C=O) groups excluding carboxylic acids is 1. The van der Waals surface area contributed by atoms with Crippen LogP contribution in [0.15, 0.2) is 12.2 Å². The highest BCUT2D eigenvalue weighted by atomic mass is 28.4. The maximum absolute atomic E-state index is 11.8. The monoisotopic (exact) mass is 375 g/mol. The average Bonchev–Trinajstić information content (AvgIpc) is 2.43. The van der Waals surface area contributed by atoms with E-state index in [1.54, 1.807) is 12.2 Å². The molecule has 1 saturated heterocycles. The zero-order chi connectivity index (χ0) is 19.3. The molecule has 1 rings (SSSR count). The summed E-state index contributed by atoms with van der Waals surface area (Å²) < 4.78 is 6.24. The first kappa shape index (κ1) is 21.8. The second kappa shape index (κ2) is 8.40. The van der Waals surface area contributed by atoms with Crippen molar-refractivity contribution in [2.45, 2.75) is 71.0 Å². The summed E-state index contributed by atoms with van der Waals surface area (Å²) in [4.78, 5) is 13.6. The lowest BCUT2D eigenvalue weighted by molar-refractivity contribution is -0.146. The minimum atomic E-state index is -1.77. The van der Waals surface area contributed by atoms with Crippen LogP contribution in [0.25, 0.3) is 0 Å². The second-order valence-electron chi connectivity index (χ2n) is 9.12. The van der Waals surface area contributed by atoms with E-state index < -0.39 is 16.4 Å². The first-order chi connectivity index (χ1) is 11.3. The van der Waals surface area contributed by atoms with Crippen LogP contribution in [-0.4, -0.2) is 46.4 Å². The van der Waals surface area contributed by atoms with Gasteiger partial charge in [0.05, 0.1) is 19.2 Å². The van der Waals surface area contributed by atoms with Crippen LogP contribution in [0.5, 0.6) is 0 Å². The molecule has 0 bridgehead atoms. The molecule has 3 nitrogen and oxygen atoms in total. The molecule has 0 saturated carbocycles. The number of rotatable bonds is 4. The van der Waals surface area contributed by atoms with Gasteiger partial charge in [-0.25, -0.2) is 0 Å². The van der Waals surface area contributed by atoms with Crippen LogP contribution < -0.4 is 0 Å². The molecule has 1 amide bonds. The molecule has 0 aliphatic carbocycles. The number of amides is 1.